The van der Waals surface area contributed by atoms with Gasteiger partial charge in [-0.05, 0) is 51.0 Å². The monoisotopic (exact) mass is 278 g/mol. The topological polar surface area (TPSA) is 32.3 Å². The molecule has 1 saturated heterocycles. The molecule has 2 aliphatic carbocycles. The van der Waals surface area contributed by atoms with Crippen LogP contribution in [-0.2, 0) is 4.79 Å². The van der Waals surface area contributed by atoms with Crippen molar-refractivity contribution in [1.29, 1.82) is 0 Å². The molecule has 1 aliphatic heterocycles. The molecule has 1 unspecified atom stereocenters. The Morgan fingerprint density at radius 1 is 0.950 bits per heavy atom. The summed E-state index contributed by atoms with van der Waals surface area (Å²) < 4.78 is 0. The van der Waals surface area contributed by atoms with E-state index in [1.165, 1.54) is 64.2 Å². The first-order valence-corrected chi connectivity index (χ1v) is 8.86. The maximum absolute atomic E-state index is 12.7. The fourth-order valence-electron chi connectivity index (χ4n) is 3.91. The number of carbonyl (C=O) groups excluding carboxylic acids is 1. The smallest absolute Gasteiger partial charge is 0.223 e. The molecular formula is C17H30N2O. The summed E-state index contributed by atoms with van der Waals surface area (Å²) in [6.07, 6.45) is 13.8. The second kappa shape index (κ2) is 6.93. The van der Waals surface area contributed by atoms with Crippen LogP contribution in [0.5, 0.6) is 0 Å². The molecule has 1 N–H and O–H groups in total. The van der Waals surface area contributed by atoms with Crippen molar-refractivity contribution >= 4 is 5.91 Å². The Kier molecular flexibility index (Phi) is 4.98. The number of amides is 1. The number of hydrogen-bond acceptors (Lipinski definition) is 2. The Bertz CT molecular complexity index is 315. The van der Waals surface area contributed by atoms with Crippen molar-refractivity contribution in [2.45, 2.75) is 82.7 Å². The van der Waals surface area contributed by atoms with Gasteiger partial charge in [-0.1, -0.05) is 25.7 Å². The minimum absolute atomic E-state index is 0.451. The normalized spacial score (nSPS) is 28.3. The summed E-state index contributed by atoms with van der Waals surface area (Å²) in [6, 6.07) is 1.13. The fraction of sp³-hybridized carbons (Fsp3) is 0.941. The molecule has 3 fully saturated rings. The molecular weight excluding hydrogens is 248 g/mol. The van der Waals surface area contributed by atoms with Crippen molar-refractivity contribution in [3.8, 4) is 0 Å². The number of nitrogens with zero attached hydrogens (tertiary/aromatic N) is 1. The summed E-state index contributed by atoms with van der Waals surface area (Å²) in [5.74, 6) is 1.13. The second-order valence-electron chi connectivity index (χ2n) is 7.13. The third-order valence-electron chi connectivity index (χ3n) is 5.33. The Labute approximate surface area is 123 Å². The SMILES string of the molecule is O=C(CC1CCCCC1)N(CC1CCCCN1)C1CC1. The molecule has 20 heavy (non-hydrogen) atoms. The van der Waals surface area contributed by atoms with E-state index in [4.69, 9.17) is 0 Å². The molecule has 2 saturated carbocycles. The summed E-state index contributed by atoms with van der Waals surface area (Å²) in [4.78, 5) is 14.9. The highest BCUT2D eigenvalue weighted by Crippen LogP contribution is 2.31. The van der Waals surface area contributed by atoms with Crippen LogP contribution in [0, 0.1) is 5.92 Å². The quantitative estimate of drug-likeness (QED) is 0.838. The fourth-order valence-corrected chi connectivity index (χ4v) is 3.91. The Morgan fingerprint density at radius 2 is 1.70 bits per heavy atom. The minimum atomic E-state index is 0.451. The average Bonchev–Trinajstić information content (AvgIpc) is 3.31. The molecule has 1 amide bonds. The zero-order chi connectivity index (χ0) is 13.8. The van der Waals surface area contributed by atoms with Gasteiger partial charge in [0.25, 0.3) is 0 Å². The molecule has 0 spiro atoms. The molecule has 0 radical (unpaired) electrons. The van der Waals surface area contributed by atoms with E-state index in [1.54, 1.807) is 0 Å². The molecule has 0 aromatic carbocycles. The zero-order valence-electron chi connectivity index (χ0n) is 12.8. The van der Waals surface area contributed by atoms with Gasteiger partial charge in [0.1, 0.15) is 0 Å². The van der Waals surface area contributed by atoms with Crippen molar-refractivity contribution < 1.29 is 4.79 Å². The van der Waals surface area contributed by atoms with Gasteiger partial charge in [-0.3, -0.25) is 4.79 Å². The van der Waals surface area contributed by atoms with Crippen LogP contribution in [0.4, 0.5) is 0 Å². The van der Waals surface area contributed by atoms with Crippen molar-refractivity contribution in [2.24, 2.45) is 5.92 Å². The highest BCUT2D eigenvalue weighted by Gasteiger charge is 2.34. The summed E-state index contributed by atoms with van der Waals surface area (Å²) in [5.41, 5.74) is 0. The van der Waals surface area contributed by atoms with Crippen LogP contribution in [-0.4, -0.2) is 36.0 Å². The first kappa shape index (κ1) is 14.4. The van der Waals surface area contributed by atoms with Gasteiger partial charge < -0.3 is 10.2 Å². The van der Waals surface area contributed by atoms with Gasteiger partial charge in [-0.25, -0.2) is 0 Å². The van der Waals surface area contributed by atoms with Crippen LogP contribution >= 0.6 is 0 Å². The van der Waals surface area contributed by atoms with Gasteiger partial charge in [-0.2, -0.15) is 0 Å². The van der Waals surface area contributed by atoms with E-state index in [1.807, 2.05) is 0 Å². The Balaban J connectivity index is 1.51. The molecule has 0 aromatic heterocycles. The lowest BCUT2D eigenvalue weighted by Crippen LogP contribution is -2.47. The van der Waals surface area contributed by atoms with Crippen LogP contribution in [0.1, 0.15) is 70.6 Å². The average molecular weight is 278 g/mol. The standard InChI is InChI=1S/C17H30N2O/c20-17(12-14-6-2-1-3-7-14)19(16-9-10-16)13-15-8-4-5-11-18-15/h14-16,18H,1-13H2. The molecule has 114 valence electrons. The maximum Gasteiger partial charge on any atom is 0.223 e. The Hall–Kier alpha value is -0.570. The van der Waals surface area contributed by atoms with Gasteiger partial charge in [-0.15, -0.1) is 0 Å². The lowest BCUT2D eigenvalue weighted by Gasteiger charge is -2.32. The summed E-state index contributed by atoms with van der Waals surface area (Å²) in [6.45, 7) is 2.11. The lowest BCUT2D eigenvalue weighted by atomic mass is 9.86. The first-order valence-electron chi connectivity index (χ1n) is 8.86. The number of carbonyl (C=O) groups is 1. The van der Waals surface area contributed by atoms with E-state index in [2.05, 4.69) is 10.2 Å². The predicted molar refractivity (Wildman–Crippen MR) is 81.6 cm³/mol. The number of nitrogens with one attached hydrogen (secondary N) is 1. The van der Waals surface area contributed by atoms with Crippen LogP contribution in [0.25, 0.3) is 0 Å². The van der Waals surface area contributed by atoms with Gasteiger partial charge in [0.15, 0.2) is 0 Å². The predicted octanol–water partition coefficient (Wildman–Crippen LogP) is 3.09. The van der Waals surface area contributed by atoms with Crippen LogP contribution < -0.4 is 5.32 Å². The van der Waals surface area contributed by atoms with Crippen LogP contribution in [0.3, 0.4) is 0 Å². The minimum Gasteiger partial charge on any atom is -0.338 e. The van der Waals surface area contributed by atoms with E-state index in [-0.39, 0.29) is 0 Å². The third kappa shape index (κ3) is 3.97. The molecule has 3 rings (SSSR count). The summed E-state index contributed by atoms with van der Waals surface area (Å²) in [7, 11) is 0. The van der Waals surface area contributed by atoms with E-state index in [0.717, 1.165) is 19.5 Å². The van der Waals surface area contributed by atoms with E-state index in [9.17, 15) is 4.79 Å². The van der Waals surface area contributed by atoms with Gasteiger partial charge in [0, 0.05) is 25.0 Å². The number of piperidine rings is 1. The van der Waals surface area contributed by atoms with Gasteiger partial charge >= 0.3 is 0 Å². The third-order valence-corrected chi connectivity index (χ3v) is 5.33. The molecule has 0 aromatic rings. The van der Waals surface area contributed by atoms with E-state index in [0.29, 0.717) is 23.9 Å². The number of rotatable bonds is 5. The van der Waals surface area contributed by atoms with Crippen LogP contribution in [0.15, 0.2) is 0 Å². The molecule has 0 bridgehead atoms. The second-order valence-corrected chi connectivity index (χ2v) is 7.13. The molecule has 3 heteroatoms. The van der Waals surface area contributed by atoms with Crippen molar-refractivity contribution in [3.63, 3.8) is 0 Å². The molecule has 3 aliphatic rings. The Morgan fingerprint density at radius 3 is 2.35 bits per heavy atom. The van der Waals surface area contributed by atoms with Gasteiger partial charge in [0.05, 0.1) is 0 Å². The lowest BCUT2D eigenvalue weighted by molar-refractivity contribution is -0.133. The highest BCUT2D eigenvalue weighted by atomic mass is 16.2. The molecule has 1 heterocycles. The van der Waals surface area contributed by atoms with E-state index < -0.39 is 0 Å². The molecule has 3 nitrogen and oxygen atoms in total. The largest absolute Gasteiger partial charge is 0.338 e. The maximum atomic E-state index is 12.7. The first-order chi connectivity index (χ1) is 9.83. The summed E-state index contributed by atoms with van der Waals surface area (Å²) in [5, 5.41) is 3.60. The highest BCUT2D eigenvalue weighted by molar-refractivity contribution is 5.77. The number of hydrogen-bond donors (Lipinski definition) is 1. The summed E-state index contributed by atoms with van der Waals surface area (Å²) >= 11 is 0. The van der Waals surface area contributed by atoms with Crippen molar-refractivity contribution in [3.05, 3.63) is 0 Å². The van der Waals surface area contributed by atoms with Crippen LogP contribution in [0.2, 0.25) is 0 Å². The van der Waals surface area contributed by atoms with Crippen molar-refractivity contribution in [1.82, 2.24) is 10.2 Å². The van der Waals surface area contributed by atoms with Gasteiger partial charge in [0.2, 0.25) is 5.91 Å². The van der Waals surface area contributed by atoms with E-state index >= 15 is 0 Å². The zero-order valence-corrected chi connectivity index (χ0v) is 12.8. The molecule has 1 atom stereocenters. The van der Waals surface area contributed by atoms with Crippen molar-refractivity contribution in [2.75, 3.05) is 13.1 Å².